The average molecular weight is 286 g/mol. The second kappa shape index (κ2) is 8.72. The molecule has 0 aliphatic heterocycles. The van der Waals surface area contributed by atoms with E-state index in [9.17, 15) is 4.79 Å². The van der Waals surface area contributed by atoms with E-state index in [1.807, 2.05) is 0 Å². The van der Waals surface area contributed by atoms with Gasteiger partial charge in [0.25, 0.3) is 0 Å². The molecule has 1 rings (SSSR count). The van der Waals surface area contributed by atoms with Crippen molar-refractivity contribution in [1.29, 1.82) is 0 Å². The summed E-state index contributed by atoms with van der Waals surface area (Å²) in [6.45, 7) is 2.76. The number of aliphatic hydroxyl groups is 1. The number of halogens is 1. The molecule has 3 N–H and O–H groups in total. The van der Waals surface area contributed by atoms with Gasteiger partial charge in [-0.3, -0.25) is 0 Å². The number of hydrogen-bond donors (Lipinski definition) is 3. The van der Waals surface area contributed by atoms with E-state index >= 15 is 0 Å². The summed E-state index contributed by atoms with van der Waals surface area (Å²) in [5.74, 6) is 0.296. The van der Waals surface area contributed by atoms with Crippen LogP contribution in [0.1, 0.15) is 26.2 Å². The second-order valence-electron chi connectivity index (χ2n) is 4.34. The number of amides is 2. The molecule has 0 saturated heterocycles. The zero-order chi connectivity index (χ0) is 14.1. The SMILES string of the molecule is CCCC(CCO)CNC(=O)Nc1cccnc1Cl. The molecule has 0 aromatic carbocycles. The summed E-state index contributed by atoms with van der Waals surface area (Å²) < 4.78 is 0. The molecule has 1 aromatic heterocycles. The van der Waals surface area contributed by atoms with Crippen LogP contribution in [0.3, 0.4) is 0 Å². The number of nitrogens with zero attached hydrogens (tertiary/aromatic N) is 1. The van der Waals surface area contributed by atoms with Crippen LogP contribution in [0.4, 0.5) is 10.5 Å². The molecule has 1 atom stereocenters. The highest BCUT2D eigenvalue weighted by atomic mass is 35.5. The highest BCUT2D eigenvalue weighted by Gasteiger charge is 2.10. The lowest BCUT2D eigenvalue weighted by Gasteiger charge is -2.16. The lowest BCUT2D eigenvalue weighted by molar-refractivity contribution is 0.236. The Kier molecular flexibility index (Phi) is 7.22. The van der Waals surface area contributed by atoms with Gasteiger partial charge in [0.2, 0.25) is 0 Å². The first-order valence-corrected chi connectivity index (χ1v) is 6.81. The summed E-state index contributed by atoms with van der Waals surface area (Å²) in [4.78, 5) is 15.6. The van der Waals surface area contributed by atoms with Crippen molar-refractivity contribution < 1.29 is 9.90 Å². The van der Waals surface area contributed by atoms with Crippen LogP contribution >= 0.6 is 11.6 Å². The first kappa shape index (κ1) is 15.7. The van der Waals surface area contributed by atoms with Gasteiger partial charge in [-0.2, -0.15) is 0 Å². The molecule has 6 heteroatoms. The third-order valence-electron chi connectivity index (χ3n) is 2.79. The second-order valence-corrected chi connectivity index (χ2v) is 4.70. The number of carbonyl (C=O) groups excluding carboxylic acids is 1. The highest BCUT2D eigenvalue weighted by Crippen LogP contribution is 2.17. The molecule has 0 aliphatic carbocycles. The number of urea groups is 1. The molecule has 1 unspecified atom stereocenters. The molecule has 106 valence electrons. The number of aliphatic hydroxyl groups excluding tert-OH is 1. The van der Waals surface area contributed by atoms with Gasteiger partial charge >= 0.3 is 6.03 Å². The van der Waals surface area contributed by atoms with Crippen molar-refractivity contribution >= 4 is 23.3 Å². The van der Waals surface area contributed by atoms with Crippen LogP contribution in [-0.4, -0.2) is 29.3 Å². The molecule has 0 radical (unpaired) electrons. The fraction of sp³-hybridized carbons (Fsp3) is 0.538. The van der Waals surface area contributed by atoms with E-state index in [-0.39, 0.29) is 17.8 Å². The Morgan fingerprint density at radius 2 is 2.32 bits per heavy atom. The van der Waals surface area contributed by atoms with E-state index < -0.39 is 0 Å². The van der Waals surface area contributed by atoms with E-state index in [1.165, 1.54) is 0 Å². The van der Waals surface area contributed by atoms with Crippen LogP contribution in [0.2, 0.25) is 5.15 Å². The van der Waals surface area contributed by atoms with Crippen LogP contribution in [0, 0.1) is 5.92 Å². The first-order chi connectivity index (χ1) is 9.17. The van der Waals surface area contributed by atoms with Gasteiger partial charge in [-0.1, -0.05) is 24.9 Å². The van der Waals surface area contributed by atoms with Crippen LogP contribution in [0.15, 0.2) is 18.3 Å². The zero-order valence-corrected chi connectivity index (χ0v) is 11.8. The van der Waals surface area contributed by atoms with Crippen LogP contribution < -0.4 is 10.6 Å². The molecule has 0 saturated carbocycles. The Morgan fingerprint density at radius 1 is 1.53 bits per heavy atom. The van der Waals surface area contributed by atoms with E-state index in [4.69, 9.17) is 16.7 Å². The summed E-state index contributed by atoms with van der Waals surface area (Å²) in [6, 6.07) is 3.08. The number of carbonyl (C=O) groups is 1. The predicted molar refractivity (Wildman–Crippen MR) is 76.4 cm³/mol. The molecule has 1 heterocycles. The lowest BCUT2D eigenvalue weighted by atomic mass is 10.0. The van der Waals surface area contributed by atoms with Crippen molar-refractivity contribution in [1.82, 2.24) is 10.3 Å². The first-order valence-electron chi connectivity index (χ1n) is 6.43. The van der Waals surface area contributed by atoms with Gasteiger partial charge in [0.1, 0.15) is 0 Å². The maximum Gasteiger partial charge on any atom is 0.319 e. The molecule has 2 amide bonds. The largest absolute Gasteiger partial charge is 0.396 e. The minimum Gasteiger partial charge on any atom is -0.396 e. The average Bonchev–Trinajstić information content (AvgIpc) is 2.39. The fourth-order valence-corrected chi connectivity index (χ4v) is 1.99. The standard InChI is InChI=1S/C13H20ClN3O2/c1-2-4-10(6-8-18)9-16-13(19)17-11-5-3-7-15-12(11)14/h3,5,7,10,18H,2,4,6,8-9H2,1H3,(H2,16,17,19). The van der Waals surface area contributed by atoms with Gasteiger partial charge < -0.3 is 15.7 Å². The van der Waals surface area contributed by atoms with Crippen molar-refractivity contribution in [3.63, 3.8) is 0 Å². The smallest absolute Gasteiger partial charge is 0.319 e. The zero-order valence-electron chi connectivity index (χ0n) is 11.0. The Labute approximate surface area is 118 Å². The highest BCUT2D eigenvalue weighted by molar-refractivity contribution is 6.32. The fourth-order valence-electron chi connectivity index (χ4n) is 1.82. The summed E-state index contributed by atoms with van der Waals surface area (Å²) in [6.07, 6.45) is 4.27. The number of hydrogen-bond acceptors (Lipinski definition) is 3. The molecule has 0 fully saturated rings. The molecular formula is C13H20ClN3O2. The Bertz CT molecular complexity index is 395. The molecule has 5 nitrogen and oxygen atoms in total. The molecule has 0 spiro atoms. The van der Waals surface area contributed by atoms with Gasteiger partial charge in [0.15, 0.2) is 5.15 Å². The third-order valence-corrected chi connectivity index (χ3v) is 3.09. The number of anilines is 1. The molecule has 19 heavy (non-hydrogen) atoms. The van der Waals surface area contributed by atoms with Crippen LogP contribution in [-0.2, 0) is 0 Å². The maximum absolute atomic E-state index is 11.7. The summed E-state index contributed by atoms with van der Waals surface area (Å²) in [5, 5.41) is 14.6. The molecule has 1 aromatic rings. The molecule has 0 aliphatic rings. The topological polar surface area (TPSA) is 74.2 Å². The predicted octanol–water partition coefficient (Wildman–Crippen LogP) is 2.66. The quantitative estimate of drug-likeness (QED) is 0.674. The van der Waals surface area contributed by atoms with Crippen LogP contribution in [0.5, 0.6) is 0 Å². The summed E-state index contributed by atoms with van der Waals surface area (Å²) in [7, 11) is 0. The third kappa shape index (κ3) is 5.89. The van der Waals surface area contributed by atoms with Gasteiger partial charge in [-0.15, -0.1) is 0 Å². The van der Waals surface area contributed by atoms with Gasteiger partial charge in [-0.25, -0.2) is 9.78 Å². The van der Waals surface area contributed by atoms with E-state index in [2.05, 4.69) is 22.5 Å². The minimum atomic E-state index is -0.311. The van der Waals surface area contributed by atoms with E-state index in [1.54, 1.807) is 18.3 Å². The van der Waals surface area contributed by atoms with Crippen molar-refractivity contribution in [2.24, 2.45) is 5.92 Å². The Hall–Kier alpha value is -1.33. The van der Waals surface area contributed by atoms with Gasteiger partial charge in [-0.05, 0) is 30.9 Å². The maximum atomic E-state index is 11.7. The van der Waals surface area contributed by atoms with E-state index in [0.29, 0.717) is 24.6 Å². The monoisotopic (exact) mass is 285 g/mol. The van der Waals surface area contributed by atoms with Gasteiger partial charge in [0, 0.05) is 19.3 Å². The Balaban J connectivity index is 2.40. The normalized spacial score (nSPS) is 11.9. The van der Waals surface area contributed by atoms with Crippen molar-refractivity contribution in [2.45, 2.75) is 26.2 Å². The summed E-state index contributed by atoms with van der Waals surface area (Å²) in [5.41, 5.74) is 0.482. The van der Waals surface area contributed by atoms with Gasteiger partial charge in [0.05, 0.1) is 5.69 Å². The number of aromatic nitrogens is 1. The Morgan fingerprint density at radius 3 is 2.95 bits per heavy atom. The van der Waals surface area contributed by atoms with Crippen molar-refractivity contribution in [2.75, 3.05) is 18.5 Å². The lowest BCUT2D eigenvalue weighted by Crippen LogP contribution is -2.33. The number of rotatable bonds is 7. The number of pyridine rings is 1. The van der Waals surface area contributed by atoms with Crippen molar-refractivity contribution in [3.8, 4) is 0 Å². The van der Waals surface area contributed by atoms with E-state index in [0.717, 1.165) is 12.8 Å². The molecule has 0 bridgehead atoms. The summed E-state index contributed by atoms with van der Waals surface area (Å²) >= 11 is 5.84. The minimum absolute atomic E-state index is 0.141. The van der Waals surface area contributed by atoms with Crippen LogP contribution in [0.25, 0.3) is 0 Å². The molecular weight excluding hydrogens is 266 g/mol. The number of nitrogens with one attached hydrogen (secondary N) is 2. The van der Waals surface area contributed by atoms with Crippen molar-refractivity contribution in [3.05, 3.63) is 23.5 Å².